The first kappa shape index (κ1) is 25.5. The van der Waals surface area contributed by atoms with Gasteiger partial charge in [-0.1, -0.05) is 36.4 Å². The number of aromatic nitrogens is 1. The standard InChI is InChI=1S/C27H28F3N3O3S/c28-27(29,30)22-9-4-10-23(15-22)37(35,36)31-24-11-12-25-21-14-20(17-33(25)26(24)34)16-32(18-21)13-5-8-19-6-2-1-3-7-19/h1-4,6-7,9-12,15,20-21,31H,5,8,13-14,16-18H2/p+1/t20-,21+/m0/s1. The van der Waals surface area contributed by atoms with E-state index in [1.54, 1.807) is 10.6 Å². The summed E-state index contributed by atoms with van der Waals surface area (Å²) in [6.07, 6.45) is -1.56. The summed E-state index contributed by atoms with van der Waals surface area (Å²) in [5.41, 5.74) is 0.532. The van der Waals surface area contributed by atoms with Crippen molar-refractivity contribution in [3.8, 4) is 0 Å². The smallest absolute Gasteiger partial charge is 0.334 e. The monoisotopic (exact) mass is 532 g/mol. The number of nitrogens with one attached hydrogen (secondary N) is 2. The highest BCUT2D eigenvalue weighted by molar-refractivity contribution is 7.92. The topological polar surface area (TPSA) is 72.6 Å². The maximum Gasteiger partial charge on any atom is 0.416 e. The van der Waals surface area contributed by atoms with E-state index in [2.05, 4.69) is 29.0 Å². The van der Waals surface area contributed by atoms with Crippen LogP contribution in [-0.4, -0.2) is 32.6 Å². The molecule has 2 aromatic carbocycles. The zero-order chi connectivity index (χ0) is 26.2. The molecule has 0 amide bonds. The number of nitrogens with zero attached hydrogens (tertiary/aromatic N) is 1. The average Bonchev–Trinajstić information content (AvgIpc) is 2.86. The van der Waals surface area contributed by atoms with Crippen molar-refractivity contribution in [2.45, 2.75) is 42.8 Å². The number of rotatable bonds is 7. The maximum absolute atomic E-state index is 13.2. The Morgan fingerprint density at radius 3 is 2.54 bits per heavy atom. The summed E-state index contributed by atoms with van der Waals surface area (Å²) >= 11 is 0. The highest BCUT2D eigenvalue weighted by Crippen LogP contribution is 2.32. The number of aryl methyl sites for hydroxylation is 1. The zero-order valence-corrected chi connectivity index (χ0v) is 21.0. The number of likely N-dealkylation sites (tertiary alicyclic amines) is 1. The second-order valence-corrected chi connectivity index (χ2v) is 11.7. The fourth-order valence-electron chi connectivity index (χ4n) is 5.68. The molecule has 1 fully saturated rings. The Morgan fingerprint density at radius 1 is 1.00 bits per heavy atom. The first-order chi connectivity index (χ1) is 17.6. The van der Waals surface area contributed by atoms with Crippen molar-refractivity contribution in [2.75, 3.05) is 24.4 Å². The Morgan fingerprint density at radius 2 is 1.78 bits per heavy atom. The second kappa shape index (κ2) is 9.98. The molecule has 2 aliphatic heterocycles. The number of anilines is 1. The predicted octanol–water partition coefficient (Wildman–Crippen LogP) is 3.30. The van der Waals surface area contributed by atoms with E-state index in [9.17, 15) is 26.4 Å². The first-order valence-corrected chi connectivity index (χ1v) is 13.9. The SMILES string of the molecule is O=c1c(NS(=O)(=O)c2cccc(C(F)(F)F)c2)ccc2n1C[C@H]1C[C@@H]2C[NH+](CCCc2ccccc2)C1. The van der Waals surface area contributed by atoms with Crippen LogP contribution in [0.2, 0.25) is 0 Å². The number of benzene rings is 2. The van der Waals surface area contributed by atoms with E-state index >= 15 is 0 Å². The van der Waals surface area contributed by atoms with Crippen molar-refractivity contribution in [3.63, 3.8) is 0 Å². The number of pyridine rings is 1. The zero-order valence-electron chi connectivity index (χ0n) is 20.2. The number of hydrogen-bond donors (Lipinski definition) is 2. The summed E-state index contributed by atoms with van der Waals surface area (Å²) in [4.78, 5) is 14.2. The van der Waals surface area contributed by atoms with Crippen LogP contribution in [0.25, 0.3) is 0 Å². The molecule has 1 unspecified atom stereocenters. The molecule has 10 heteroatoms. The van der Waals surface area contributed by atoms with Gasteiger partial charge in [0.2, 0.25) is 0 Å². The van der Waals surface area contributed by atoms with Crippen LogP contribution in [0.5, 0.6) is 0 Å². The Kier molecular flexibility index (Phi) is 6.89. The molecule has 0 saturated carbocycles. The lowest BCUT2D eigenvalue weighted by Gasteiger charge is -2.40. The third kappa shape index (κ3) is 5.60. The number of piperidine rings is 1. The molecule has 37 heavy (non-hydrogen) atoms. The molecule has 1 saturated heterocycles. The summed E-state index contributed by atoms with van der Waals surface area (Å²) in [6, 6.07) is 17.1. The second-order valence-electron chi connectivity index (χ2n) is 10.0. The molecular weight excluding hydrogens is 503 g/mol. The van der Waals surface area contributed by atoms with Gasteiger partial charge in [0.05, 0.1) is 30.1 Å². The summed E-state index contributed by atoms with van der Waals surface area (Å²) in [6.45, 7) is 3.43. The van der Waals surface area contributed by atoms with Crippen molar-refractivity contribution < 1.29 is 26.5 Å². The number of alkyl halides is 3. The van der Waals surface area contributed by atoms with E-state index in [0.717, 1.165) is 62.8 Å². The summed E-state index contributed by atoms with van der Waals surface area (Å²) < 4.78 is 68.6. The molecule has 196 valence electrons. The molecule has 0 radical (unpaired) electrons. The van der Waals surface area contributed by atoms with Gasteiger partial charge in [-0.3, -0.25) is 9.52 Å². The highest BCUT2D eigenvalue weighted by Gasteiger charge is 2.37. The van der Waals surface area contributed by atoms with E-state index in [0.29, 0.717) is 18.5 Å². The van der Waals surface area contributed by atoms with Crippen molar-refractivity contribution in [1.29, 1.82) is 0 Å². The minimum absolute atomic E-state index is 0.159. The molecule has 3 atom stereocenters. The van der Waals surface area contributed by atoms with Crippen LogP contribution in [0, 0.1) is 5.92 Å². The van der Waals surface area contributed by atoms with Gasteiger partial charge in [0.15, 0.2) is 0 Å². The van der Waals surface area contributed by atoms with Crippen molar-refractivity contribution in [2.24, 2.45) is 5.92 Å². The molecule has 3 aromatic rings. The van der Waals surface area contributed by atoms with Crippen LogP contribution in [0.4, 0.5) is 18.9 Å². The highest BCUT2D eigenvalue weighted by atomic mass is 32.2. The van der Waals surface area contributed by atoms with Gasteiger partial charge in [0.25, 0.3) is 15.6 Å². The van der Waals surface area contributed by atoms with Gasteiger partial charge in [-0.15, -0.1) is 0 Å². The fourth-order valence-corrected chi connectivity index (χ4v) is 6.78. The van der Waals surface area contributed by atoms with Crippen molar-refractivity contribution in [1.82, 2.24) is 4.57 Å². The molecule has 2 aliphatic rings. The molecule has 0 aliphatic carbocycles. The lowest BCUT2D eigenvalue weighted by Crippen LogP contribution is -3.14. The molecule has 1 aromatic heterocycles. The van der Waals surface area contributed by atoms with E-state index in [1.165, 1.54) is 16.5 Å². The minimum atomic E-state index is -4.67. The lowest BCUT2D eigenvalue weighted by atomic mass is 9.83. The van der Waals surface area contributed by atoms with Crippen LogP contribution in [0.3, 0.4) is 0 Å². The van der Waals surface area contributed by atoms with Crippen molar-refractivity contribution in [3.05, 3.63) is 93.9 Å². The van der Waals surface area contributed by atoms with E-state index in [4.69, 9.17) is 0 Å². The van der Waals surface area contributed by atoms with Crippen LogP contribution in [-0.2, 0) is 29.2 Å². The molecule has 2 bridgehead atoms. The number of fused-ring (bicyclic) bond motifs is 4. The lowest BCUT2D eigenvalue weighted by molar-refractivity contribution is -0.911. The molecule has 6 nitrogen and oxygen atoms in total. The molecular formula is C27H29F3N3O3S+. The van der Waals surface area contributed by atoms with Gasteiger partial charge < -0.3 is 9.47 Å². The van der Waals surface area contributed by atoms with Gasteiger partial charge in [-0.05, 0) is 48.7 Å². The van der Waals surface area contributed by atoms with Crippen LogP contribution in [0.15, 0.2) is 76.4 Å². The van der Waals surface area contributed by atoms with Crippen LogP contribution in [0.1, 0.15) is 35.6 Å². The summed E-state index contributed by atoms with van der Waals surface area (Å²) in [5, 5.41) is 0. The van der Waals surface area contributed by atoms with Crippen LogP contribution >= 0.6 is 0 Å². The normalized spacial score (nSPS) is 21.3. The van der Waals surface area contributed by atoms with Gasteiger partial charge in [-0.2, -0.15) is 13.2 Å². The Hall–Kier alpha value is -3.11. The number of hydrogen-bond acceptors (Lipinski definition) is 3. The molecule has 0 spiro atoms. The van der Waals surface area contributed by atoms with E-state index in [-0.39, 0.29) is 11.6 Å². The number of quaternary nitrogens is 1. The molecule has 2 N–H and O–H groups in total. The molecule has 3 heterocycles. The van der Waals surface area contributed by atoms with Gasteiger partial charge in [-0.25, -0.2) is 8.42 Å². The Bertz CT molecular complexity index is 1440. The fraction of sp³-hybridized carbons (Fsp3) is 0.370. The third-order valence-electron chi connectivity index (χ3n) is 7.35. The largest absolute Gasteiger partial charge is 0.416 e. The first-order valence-electron chi connectivity index (χ1n) is 12.4. The molecule has 5 rings (SSSR count). The number of sulfonamides is 1. The van der Waals surface area contributed by atoms with Gasteiger partial charge in [0, 0.05) is 30.5 Å². The van der Waals surface area contributed by atoms with Gasteiger partial charge >= 0.3 is 6.18 Å². The third-order valence-corrected chi connectivity index (χ3v) is 8.72. The van der Waals surface area contributed by atoms with E-state index in [1.807, 2.05) is 6.07 Å². The number of halogens is 3. The van der Waals surface area contributed by atoms with Crippen molar-refractivity contribution >= 4 is 15.7 Å². The summed E-state index contributed by atoms with van der Waals surface area (Å²) in [5.74, 6) is 0.520. The Labute approximate surface area is 213 Å². The summed E-state index contributed by atoms with van der Waals surface area (Å²) in [7, 11) is -4.37. The maximum atomic E-state index is 13.2. The average molecular weight is 533 g/mol. The van der Waals surface area contributed by atoms with E-state index < -0.39 is 32.2 Å². The predicted molar refractivity (Wildman–Crippen MR) is 134 cm³/mol. The quantitative estimate of drug-likeness (QED) is 0.491. The Balaban J connectivity index is 1.30. The minimum Gasteiger partial charge on any atom is -0.334 e. The van der Waals surface area contributed by atoms with Crippen LogP contribution < -0.4 is 15.2 Å². The van der Waals surface area contributed by atoms with Gasteiger partial charge in [0.1, 0.15) is 5.69 Å².